The third-order valence-corrected chi connectivity index (χ3v) is 4.46. The molecule has 108 valence electrons. The highest BCUT2D eigenvalue weighted by molar-refractivity contribution is 7.97. The number of piperidine rings is 1. The number of likely N-dealkylation sites (tertiary alicyclic amines) is 1. The molecule has 20 heavy (non-hydrogen) atoms. The van der Waals surface area contributed by atoms with Crippen LogP contribution in [0.4, 0.5) is 0 Å². The topological polar surface area (TPSA) is 44.3 Å². The fraction of sp³-hybridized carbons (Fsp3) is 0.571. The van der Waals surface area contributed by atoms with Gasteiger partial charge in [0.15, 0.2) is 0 Å². The molecule has 1 aromatic rings. The van der Waals surface area contributed by atoms with Crippen LogP contribution in [-0.2, 0) is 6.54 Å². The summed E-state index contributed by atoms with van der Waals surface area (Å²) in [6, 6.07) is 0. The van der Waals surface area contributed by atoms with Gasteiger partial charge in [0, 0.05) is 26.5 Å². The molecule has 2 aliphatic rings. The summed E-state index contributed by atoms with van der Waals surface area (Å²) in [6.07, 6.45) is 7.90. The molecule has 0 amide bonds. The molecule has 1 fully saturated rings. The Morgan fingerprint density at radius 3 is 2.85 bits per heavy atom. The fourth-order valence-electron chi connectivity index (χ4n) is 2.62. The van der Waals surface area contributed by atoms with Crippen LogP contribution in [0.15, 0.2) is 17.3 Å². The van der Waals surface area contributed by atoms with Crippen LogP contribution >= 0.6 is 11.9 Å². The predicted octanol–water partition coefficient (Wildman–Crippen LogP) is 1.93. The molecule has 3 heterocycles. The minimum Gasteiger partial charge on any atom is -0.375 e. The molecule has 6 heteroatoms. The second kappa shape index (κ2) is 6.01. The van der Waals surface area contributed by atoms with Crippen LogP contribution in [0.2, 0.25) is 0 Å². The lowest BCUT2D eigenvalue weighted by atomic mass is 10.1. The van der Waals surface area contributed by atoms with Crippen molar-refractivity contribution in [2.75, 3.05) is 27.2 Å². The maximum absolute atomic E-state index is 4.79. The molecule has 0 unspecified atom stereocenters. The first-order valence-electron chi connectivity index (χ1n) is 7.12. The summed E-state index contributed by atoms with van der Waals surface area (Å²) in [6.45, 7) is 3.21. The van der Waals surface area contributed by atoms with Crippen LogP contribution in [0.3, 0.4) is 0 Å². The normalized spacial score (nSPS) is 19.0. The van der Waals surface area contributed by atoms with E-state index in [4.69, 9.17) is 4.98 Å². The molecule has 0 aromatic carbocycles. The summed E-state index contributed by atoms with van der Waals surface area (Å²) < 4.78 is 3.20. The van der Waals surface area contributed by atoms with Crippen LogP contribution in [-0.4, -0.2) is 47.0 Å². The van der Waals surface area contributed by atoms with E-state index in [2.05, 4.69) is 19.5 Å². The van der Waals surface area contributed by atoms with Gasteiger partial charge in [-0.05, 0) is 37.9 Å². The molecular weight excluding hydrogens is 270 g/mol. The van der Waals surface area contributed by atoms with E-state index >= 15 is 0 Å². The highest BCUT2D eigenvalue weighted by Gasteiger charge is 2.19. The fourth-order valence-corrected chi connectivity index (χ4v) is 3.27. The Hall–Kier alpha value is -1.27. The SMILES string of the molecule is CN(C)C1=CNSc2cnc(CN3CCCCC3)nc21. The lowest BCUT2D eigenvalue weighted by molar-refractivity contribution is 0.215. The monoisotopic (exact) mass is 291 g/mol. The van der Waals surface area contributed by atoms with Gasteiger partial charge in [0.25, 0.3) is 0 Å². The van der Waals surface area contributed by atoms with E-state index in [0.717, 1.165) is 28.7 Å². The number of hydrogen-bond acceptors (Lipinski definition) is 6. The maximum atomic E-state index is 4.79. The summed E-state index contributed by atoms with van der Waals surface area (Å²) in [5.41, 5.74) is 2.15. The van der Waals surface area contributed by atoms with Gasteiger partial charge < -0.3 is 9.62 Å². The first-order chi connectivity index (χ1) is 9.74. The number of fused-ring (bicyclic) bond motifs is 1. The molecule has 0 spiro atoms. The minimum atomic E-state index is 0.867. The molecule has 1 saturated heterocycles. The van der Waals surface area contributed by atoms with E-state index in [0.29, 0.717) is 0 Å². The largest absolute Gasteiger partial charge is 0.375 e. The van der Waals surface area contributed by atoms with E-state index in [1.807, 2.05) is 26.5 Å². The predicted molar refractivity (Wildman–Crippen MR) is 81.8 cm³/mol. The van der Waals surface area contributed by atoms with Crippen molar-refractivity contribution in [3.05, 3.63) is 23.9 Å². The van der Waals surface area contributed by atoms with Crippen molar-refractivity contribution in [2.24, 2.45) is 0 Å². The molecule has 0 radical (unpaired) electrons. The molecule has 0 bridgehead atoms. The van der Waals surface area contributed by atoms with Crippen molar-refractivity contribution in [1.29, 1.82) is 0 Å². The quantitative estimate of drug-likeness (QED) is 0.859. The first kappa shape index (κ1) is 13.7. The molecule has 1 aromatic heterocycles. The highest BCUT2D eigenvalue weighted by atomic mass is 32.2. The van der Waals surface area contributed by atoms with Crippen molar-refractivity contribution >= 4 is 17.6 Å². The molecule has 5 nitrogen and oxygen atoms in total. The van der Waals surface area contributed by atoms with Crippen molar-refractivity contribution < 1.29 is 0 Å². The van der Waals surface area contributed by atoms with Gasteiger partial charge in [-0.2, -0.15) is 0 Å². The number of nitrogens with zero attached hydrogens (tertiary/aromatic N) is 4. The molecule has 0 atom stereocenters. The standard InChI is InChI=1S/C14H21N5S/c1-18(2)11-8-16-20-12-9-15-13(17-14(11)12)10-19-6-4-3-5-7-19/h8-9,16H,3-7,10H2,1-2H3. The molecule has 3 rings (SSSR count). The Balaban J connectivity index is 1.81. The Morgan fingerprint density at radius 1 is 1.30 bits per heavy atom. The smallest absolute Gasteiger partial charge is 0.143 e. The van der Waals surface area contributed by atoms with Gasteiger partial charge in [0.1, 0.15) is 11.5 Å². The summed E-state index contributed by atoms with van der Waals surface area (Å²) in [5.74, 6) is 0.931. The zero-order valence-corrected chi connectivity index (χ0v) is 12.9. The summed E-state index contributed by atoms with van der Waals surface area (Å²) in [5, 5.41) is 0. The highest BCUT2D eigenvalue weighted by Crippen LogP contribution is 2.29. The second-order valence-electron chi connectivity index (χ2n) is 5.48. The summed E-state index contributed by atoms with van der Waals surface area (Å²) in [4.78, 5) is 14.9. The van der Waals surface area contributed by atoms with Crippen LogP contribution in [0.25, 0.3) is 5.70 Å². The van der Waals surface area contributed by atoms with Crippen LogP contribution < -0.4 is 4.72 Å². The van der Waals surface area contributed by atoms with Gasteiger partial charge in [-0.25, -0.2) is 9.97 Å². The Labute approximate surface area is 124 Å². The van der Waals surface area contributed by atoms with E-state index < -0.39 is 0 Å². The van der Waals surface area contributed by atoms with Gasteiger partial charge in [-0.15, -0.1) is 0 Å². The Morgan fingerprint density at radius 2 is 2.10 bits per heavy atom. The maximum Gasteiger partial charge on any atom is 0.143 e. The third-order valence-electron chi connectivity index (χ3n) is 3.71. The average molecular weight is 291 g/mol. The van der Waals surface area contributed by atoms with Gasteiger partial charge in [-0.1, -0.05) is 6.42 Å². The molecular formula is C14H21N5S. The molecule has 0 aliphatic carbocycles. The first-order valence-corrected chi connectivity index (χ1v) is 7.94. The molecule has 1 N–H and O–H groups in total. The van der Waals surface area contributed by atoms with Crippen LogP contribution in [0, 0.1) is 0 Å². The van der Waals surface area contributed by atoms with E-state index in [1.54, 1.807) is 11.9 Å². The minimum absolute atomic E-state index is 0.867. The number of aromatic nitrogens is 2. The number of rotatable bonds is 3. The third kappa shape index (κ3) is 2.91. The molecule has 2 aliphatic heterocycles. The second-order valence-corrected chi connectivity index (χ2v) is 6.36. The van der Waals surface area contributed by atoms with Gasteiger partial charge >= 0.3 is 0 Å². The van der Waals surface area contributed by atoms with Crippen LogP contribution in [0.5, 0.6) is 0 Å². The van der Waals surface area contributed by atoms with Crippen molar-refractivity contribution in [3.8, 4) is 0 Å². The van der Waals surface area contributed by atoms with E-state index in [9.17, 15) is 0 Å². The Bertz CT molecular complexity index is 508. The number of hydrogen-bond donors (Lipinski definition) is 1. The number of nitrogens with one attached hydrogen (secondary N) is 1. The zero-order valence-electron chi connectivity index (χ0n) is 12.1. The zero-order chi connectivity index (χ0) is 13.9. The van der Waals surface area contributed by atoms with Crippen molar-refractivity contribution in [2.45, 2.75) is 30.7 Å². The summed E-state index contributed by atoms with van der Waals surface area (Å²) in [7, 11) is 4.08. The van der Waals surface area contributed by atoms with Gasteiger partial charge in [-0.3, -0.25) is 4.90 Å². The van der Waals surface area contributed by atoms with Crippen molar-refractivity contribution in [3.63, 3.8) is 0 Å². The van der Waals surface area contributed by atoms with E-state index in [-0.39, 0.29) is 0 Å². The summed E-state index contributed by atoms with van der Waals surface area (Å²) >= 11 is 1.57. The lowest BCUT2D eigenvalue weighted by Gasteiger charge is -2.27. The van der Waals surface area contributed by atoms with E-state index in [1.165, 1.54) is 32.4 Å². The van der Waals surface area contributed by atoms with Gasteiger partial charge in [0.2, 0.25) is 0 Å². The van der Waals surface area contributed by atoms with Crippen molar-refractivity contribution in [1.82, 2.24) is 24.5 Å². The van der Waals surface area contributed by atoms with Gasteiger partial charge in [0.05, 0.1) is 17.1 Å². The molecule has 0 saturated carbocycles. The Kier molecular flexibility index (Phi) is 4.12. The van der Waals surface area contributed by atoms with Crippen LogP contribution in [0.1, 0.15) is 30.8 Å². The average Bonchev–Trinajstić information content (AvgIpc) is 2.47. The lowest BCUT2D eigenvalue weighted by Crippen LogP contribution is -2.30.